The summed E-state index contributed by atoms with van der Waals surface area (Å²) in [5, 5.41) is 12.4. The van der Waals surface area contributed by atoms with Gasteiger partial charge in [0.25, 0.3) is 5.91 Å². The number of rotatable bonds is 5. The third kappa shape index (κ3) is 4.93. The maximum atomic E-state index is 12.5. The standard InChI is InChI=1S/C17H22IN5O/c1-13-10-15(18)2-3-16(13)21-12-14(11-20)17(24)23-8-6-22(5-4-19)7-9-23/h2-3,10,12,21H,4-9,19H2,1H3/b14-12-. The van der Waals surface area contributed by atoms with Gasteiger partial charge in [-0.15, -0.1) is 0 Å². The summed E-state index contributed by atoms with van der Waals surface area (Å²) < 4.78 is 1.14. The first-order chi connectivity index (χ1) is 11.5. The van der Waals surface area contributed by atoms with Crippen LogP contribution in [0, 0.1) is 21.8 Å². The van der Waals surface area contributed by atoms with E-state index in [1.807, 2.05) is 31.2 Å². The van der Waals surface area contributed by atoms with E-state index in [-0.39, 0.29) is 11.5 Å². The number of nitrogens with zero attached hydrogens (tertiary/aromatic N) is 3. The largest absolute Gasteiger partial charge is 0.360 e. The Hall–Kier alpha value is -1.63. The van der Waals surface area contributed by atoms with Crippen LogP contribution in [0.15, 0.2) is 30.0 Å². The van der Waals surface area contributed by atoms with Crippen LogP contribution in [-0.2, 0) is 4.79 Å². The van der Waals surface area contributed by atoms with E-state index in [2.05, 4.69) is 32.8 Å². The summed E-state index contributed by atoms with van der Waals surface area (Å²) in [6, 6.07) is 7.98. The predicted molar refractivity (Wildman–Crippen MR) is 103 cm³/mol. The summed E-state index contributed by atoms with van der Waals surface area (Å²) in [4.78, 5) is 16.5. The molecule has 6 nitrogen and oxygen atoms in total. The molecule has 1 aromatic rings. The van der Waals surface area contributed by atoms with Crippen LogP contribution < -0.4 is 11.1 Å². The van der Waals surface area contributed by atoms with Gasteiger partial charge in [0, 0.05) is 54.7 Å². The number of benzene rings is 1. The molecular formula is C17H22IN5O. The Balaban J connectivity index is 2.00. The second-order valence-corrected chi connectivity index (χ2v) is 6.94. The molecule has 1 aliphatic rings. The second-order valence-electron chi connectivity index (χ2n) is 5.70. The number of nitrogens with two attached hydrogens (primary N) is 1. The van der Waals surface area contributed by atoms with Crippen molar-refractivity contribution in [1.29, 1.82) is 5.26 Å². The molecule has 1 aliphatic heterocycles. The minimum Gasteiger partial charge on any atom is -0.360 e. The molecule has 1 fully saturated rings. The Labute approximate surface area is 156 Å². The number of hydrogen-bond acceptors (Lipinski definition) is 5. The summed E-state index contributed by atoms with van der Waals surface area (Å²) in [7, 11) is 0. The van der Waals surface area contributed by atoms with Crippen LogP contribution in [-0.4, -0.2) is 55.0 Å². The lowest BCUT2D eigenvalue weighted by molar-refractivity contribution is -0.128. The van der Waals surface area contributed by atoms with E-state index in [0.29, 0.717) is 19.6 Å². The van der Waals surface area contributed by atoms with Crippen molar-refractivity contribution in [2.75, 3.05) is 44.6 Å². The van der Waals surface area contributed by atoms with Crippen LogP contribution >= 0.6 is 22.6 Å². The fraction of sp³-hybridized carbons (Fsp3) is 0.412. The molecule has 3 N–H and O–H groups in total. The van der Waals surface area contributed by atoms with E-state index >= 15 is 0 Å². The molecule has 0 aliphatic carbocycles. The Bertz CT molecular complexity index is 659. The molecule has 2 rings (SSSR count). The van der Waals surface area contributed by atoms with Gasteiger partial charge in [-0.25, -0.2) is 0 Å². The van der Waals surface area contributed by atoms with Crippen molar-refractivity contribution in [3.05, 3.63) is 39.1 Å². The Morgan fingerprint density at radius 1 is 1.42 bits per heavy atom. The molecular weight excluding hydrogens is 417 g/mol. The molecule has 24 heavy (non-hydrogen) atoms. The molecule has 1 saturated heterocycles. The van der Waals surface area contributed by atoms with Crippen LogP contribution in [0.25, 0.3) is 0 Å². The molecule has 7 heteroatoms. The number of aryl methyl sites for hydroxylation is 1. The number of anilines is 1. The summed E-state index contributed by atoms with van der Waals surface area (Å²) in [6.07, 6.45) is 1.50. The van der Waals surface area contributed by atoms with Crippen LogP contribution in [0.2, 0.25) is 0 Å². The smallest absolute Gasteiger partial charge is 0.266 e. The van der Waals surface area contributed by atoms with Crippen molar-refractivity contribution in [3.8, 4) is 6.07 Å². The SMILES string of the molecule is Cc1cc(I)ccc1N/C=C(/C#N)C(=O)N1CCN(CCN)CC1. The van der Waals surface area contributed by atoms with E-state index in [1.54, 1.807) is 4.90 Å². The zero-order valence-corrected chi connectivity index (χ0v) is 15.9. The Morgan fingerprint density at radius 2 is 2.12 bits per heavy atom. The minimum atomic E-state index is -0.222. The molecule has 0 bridgehead atoms. The summed E-state index contributed by atoms with van der Waals surface area (Å²) in [5.41, 5.74) is 7.64. The molecule has 0 spiro atoms. The fourth-order valence-electron chi connectivity index (χ4n) is 2.61. The topological polar surface area (TPSA) is 85.4 Å². The van der Waals surface area contributed by atoms with Gasteiger partial charge < -0.3 is 16.0 Å². The van der Waals surface area contributed by atoms with E-state index in [0.717, 1.165) is 34.5 Å². The lowest BCUT2D eigenvalue weighted by atomic mass is 10.2. The van der Waals surface area contributed by atoms with E-state index in [9.17, 15) is 10.1 Å². The number of hydrogen-bond donors (Lipinski definition) is 2. The van der Waals surface area contributed by atoms with E-state index in [1.165, 1.54) is 6.20 Å². The maximum absolute atomic E-state index is 12.5. The maximum Gasteiger partial charge on any atom is 0.266 e. The van der Waals surface area contributed by atoms with Crippen LogP contribution in [0.3, 0.4) is 0 Å². The predicted octanol–water partition coefficient (Wildman–Crippen LogP) is 1.52. The molecule has 1 heterocycles. The molecule has 0 aromatic heterocycles. The van der Waals surface area contributed by atoms with Crippen molar-refractivity contribution in [3.63, 3.8) is 0 Å². The quantitative estimate of drug-likeness (QED) is 0.413. The van der Waals surface area contributed by atoms with Gasteiger partial charge in [-0.3, -0.25) is 9.69 Å². The molecule has 0 radical (unpaired) electrons. The highest BCUT2D eigenvalue weighted by Crippen LogP contribution is 2.18. The number of carbonyl (C=O) groups is 1. The van der Waals surface area contributed by atoms with Gasteiger partial charge in [0.05, 0.1) is 0 Å². The number of nitrogens with one attached hydrogen (secondary N) is 1. The summed E-state index contributed by atoms with van der Waals surface area (Å²) in [6.45, 7) is 6.30. The van der Waals surface area contributed by atoms with Crippen molar-refractivity contribution in [2.45, 2.75) is 6.92 Å². The molecule has 0 saturated carbocycles. The zero-order chi connectivity index (χ0) is 17.5. The monoisotopic (exact) mass is 439 g/mol. The van der Waals surface area contributed by atoms with Crippen molar-refractivity contribution < 1.29 is 4.79 Å². The normalized spacial score (nSPS) is 15.9. The number of piperazine rings is 1. The minimum absolute atomic E-state index is 0.125. The number of amides is 1. The van der Waals surface area contributed by atoms with Crippen LogP contribution in [0.1, 0.15) is 5.56 Å². The van der Waals surface area contributed by atoms with Crippen molar-refractivity contribution in [2.24, 2.45) is 5.73 Å². The Kier molecular flexibility index (Phi) is 7.02. The van der Waals surface area contributed by atoms with Crippen LogP contribution in [0.4, 0.5) is 5.69 Å². The summed E-state index contributed by atoms with van der Waals surface area (Å²) in [5.74, 6) is -0.222. The third-order valence-electron chi connectivity index (χ3n) is 4.02. The molecule has 0 unspecified atom stereocenters. The lowest BCUT2D eigenvalue weighted by Crippen LogP contribution is -2.50. The van der Waals surface area contributed by atoms with Gasteiger partial charge in [-0.2, -0.15) is 5.26 Å². The average Bonchev–Trinajstić information content (AvgIpc) is 2.58. The molecule has 0 atom stereocenters. The zero-order valence-electron chi connectivity index (χ0n) is 13.8. The highest BCUT2D eigenvalue weighted by molar-refractivity contribution is 14.1. The highest BCUT2D eigenvalue weighted by Gasteiger charge is 2.23. The van der Waals surface area contributed by atoms with E-state index in [4.69, 9.17) is 5.73 Å². The average molecular weight is 439 g/mol. The van der Waals surface area contributed by atoms with Gasteiger partial charge in [0.1, 0.15) is 11.6 Å². The van der Waals surface area contributed by atoms with Gasteiger partial charge >= 0.3 is 0 Å². The van der Waals surface area contributed by atoms with E-state index < -0.39 is 0 Å². The third-order valence-corrected chi connectivity index (χ3v) is 4.69. The first kappa shape index (κ1) is 18.7. The van der Waals surface area contributed by atoms with Crippen molar-refractivity contribution >= 4 is 34.2 Å². The first-order valence-corrected chi connectivity index (χ1v) is 8.97. The molecule has 1 aromatic carbocycles. The van der Waals surface area contributed by atoms with Crippen LogP contribution in [0.5, 0.6) is 0 Å². The lowest BCUT2D eigenvalue weighted by Gasteiger charge is -2.34. The Morgan fingerprint density at radius 3 is 2.71 bits per heavy atom. The van der Waals surface area contributed by atoms with Gasteiger partial charge in [0.2, 0.25) is 0 Å². The number of halogens is 1. The second kappa shape index (κ2) is 9.01. The molecule has 128 valence electrons. The fourth-order valence-corrected chi connectivity index (χ4v) is 3.26. The number of nitriles is 1. The molecule has 1 amide bonds. The van der Waals surface area contributed by atoms with Crippen molar-refractivity contribution in [1.82, 2.24) is 9.80 Å². The number of carbonyl (C=O) groups excluding carboxylic acids is 1. The highest BCUT2D eigenvalue weighted by atomic mass is 127. The van der Waals surface area contributed by atoms with Gasteiger partial charge in [-0.05, 0) is 53.3 Å². The van der Waals surface area contributed by atoms with Gasteiger partial charge in [0.15, 0.2) is 0 Å². The first-order valence-electron chi connectivity index (χ1n) is 7.90. The summed E-state index contributed by atoms with van der Waals surface area (Å²) >= 11 is 2.25. The van der Waals surface area contributed by atoms with Gasteiger partial charge in [-0.1, -0.05) is 0 Å².